The van der Waals surface area contributed by atoms with Gasteiger partial charge in [-0.2, -0.15) is 23.8 Å². The van der Waals surface area contributed by atoms with Crippen molar-refractivity contribution in [2.45, 2.75) is 33.2 Å². The third-order valence-electron chi connectivity index (χ3n) is 4.03. The van der Waals surface area contributed by atoms with E-state index in [4.69, 9.17) is 4.74 Å². The number of nitrogens with one attached hydrogen (secondary N) is 2. The molecule has 3 heterocycles. The Bertz CT molecular complexity index is 1080. The number of carbonyl (C=O) groups is 1. The first kappa shape index (κ1) is 22.2. The van der Waals surface area contributed by atoms with Crippen LogP contribution < -0.4 is 10.6 Å². The number of amides is 1. The van der Waals surface area contributed by atoms with Crippen molar-refractivity contribution in [1.29, 1.82) is 0 Å². The molecule has 0 aromatic carbocycles. The van der Waals surface area contributed by atoms with Gasteiger partial charge in [0, 0.05) is 50.5 Å². The summed E-state index contributed by atoms with van der Waals surface area (Å²) in [5, 5.41) is 14.2. The molecule has 0 spiro atoms. The van der Waals surface area contributed by atoms with Crippen molar-refractivity contribution < 1.29 is 18.3 Å². The minimum absolute atomic E-state index is 0.164. The first-order valence-electron chi connectivity index (χ1n) is 9.34. The van der Waals surface area contributed by atoms with Crippen LogP contribution >= 0.6 is 0 Å². The SMILES string of the molecule is COCCn1ncc(-c2cnc(NC(C)=O)cc2Nc2cc(C)nc(C(C)(F)F)n2)n1. The van der Waals surface area contributed by atoms with Crippen molar-refractivity contribution in [2.24, 2.45) is 0 Å². The first-order chi connectivity index (χ1) is 14.7. The quantitative estimate of drug-likeness (QED) is 0.558. The molecule has 12 heteroatoms. The Hall–Kier alpha value is -3.54. The van der Waals surface area contributed by atoms with E-state index in [0.29, 0.717) is 35.8 Å². The molecule has 0 radical (unpaired) electrons. The van der Waals surface area contributed by atoms with Gasteiger partial charge in [0.2, 0.25) is 11.7 Å². The fourth-order valence-electron chi connectivity index (χ4n) is 2.68. The molecule has 3 aromatic rings. The van der Waals surface area contributed by atoms with Gasteiger partial charge in [0.1, 0.15) is 17.3 Å². The summed E-state index contributed by atoms with van der Waals surface area (Å²) in [7, 11) is 1.58. The molecule has 2 N–H and O–H groups in total. The van der Waals surface area contributed by atoms with Gasteiger partial charge in [-0.3, -0.25) is 4.79 Å². The van der Waals surface area contributed by atoms with Gasteiger partial charge in [0.05, 0.1) is 25.0 Å². The molecule has 3 rings (SSSR count). The Morgan fingerprint density at radius 1 is 1.23 bits per heavy atom. The number of hydrogen-bond donors (Lipinski definition) is 2. The number of ether oxygens (including phenoxy) is 1. The van der Waals surface area contributed by atoms with E-state index in [9.17, 15) is 13.6 Å². The van der Waals surface area contributed by atoms with Gasteiger partial charge < -0.3 is 15.4 Å². The number of halogens is 2. The number of carbonyl (C=O) groups excluding carboxylic acids is 1. The number of hydrogen-bond acceptors (Lipinski definition) is 8. The average Bonchev–Trinajstić information content (AvgIpc) is 3.13. The molecule has 164 valence electrons. The van der Waals surface area contributed by atoms with Crippen molar-refractivity contribution in [1.82, 2.24) is 29.9 Å². The molecule has 10 nitrogen and oxygen atoms in total. The zero-order valence-corrected chi connectivity index (χ0v) is 17.5. The summed E-state index contributed by atoms with van der Waals surface area (Å²) >= 11 is 0. The maximum Gasteiger partial charge on any atom is 0.303 e. The average molecular weight is 432 g/mol. The second-order valence-corrected chi connectivity index (χ2v) is 6.85. The molecular weight excluding hydrogens is 410 g/mol. The summed E-state index contributed by atoms with van der Waals surface area (Å²) in [5.41, 5.74) is 1.85. The molecule has 0 aliphatic rings. The summed E-state index contributed by atoms with van der Waals surface area (Å²) < 4.78 is 32.6. The maximum absolute atomic E-state index is 13.8. The Morgan fingerprint density at radius 2 is 2.00 bits per heavy atom. The highest BCUT2D eigenvalue weighted by Crippen LogP contribution is 2.31. The second-order valence-electron chi connectivity index (χ2n) is 6.85. The Morgan fingerprint density at radius 3 is 2.68 bits per heavy atom. The van der Waals surface area contributed by atoms with Crippen LogP contribution in [0.2, 0.25) is 0 Å². The van der Waals surface area contributed by atoms with E-state index in [1.165, 1.54) is 24.0 Å². The number of rotatable bonds is 8. The summed E-state index contributed by atoms with van der Waals surface area (Å²) in [6, 6.07) is 3.10. The molecule has 0 saturated heterocycles. The van der Waals surface area contributed by atoms with E-state index in [0.717, 1.165) is 6.92 Å². The highest BCUT2D eigenvalue weighted by Gasteiger charge is 2.29. The Kier molecular flexibility index (Phi) is 6.49. The van der Waals surface area contributed by atoms with Crippen LogP contribution in [0.25, 0.3) is 11.3 Å². The third kappa shape index (κ3) is 5.75. The minimum Gasteiger partial charge on any atom is -0.383 e. The molecule has 3 aromatic heterocycles. The fraction of sp³-hybridized carbons (Fsp3) is 0.368. The highest BCUT2D eigenvalue weighted by atomic mass is 19.3. The zero-order valence-electron chi connectivity index (χ0n) is 17.5. The Balaban J connectivity index is 2.01. The van der Waals surface area contributed by atoms with Crippen molar-refractivity contribution in [2.75, 3.05) is 24.4 Å². The fourth-order valence-corrected chi connectivity index (χ4v) is 2.68. The van der Waals surface area contributed by atoms with Crippen molar-refractivity contribution in [3.63, 3.8) is 0 Å². The largest absolute Gasteiger partial charge is 0.383 e. The lowest BCUT2D eigenvalue weighted by Gasteiger charge is -2.15. The molecule has 0 bridgehead atoms. The van der Waals surface area contributed by atoms with E-state index in [1.54, 1.807) is 26.3 Å². The maximum atomic E-state index is 13.8. The van der Waals surface area contributed by atoms with E-state index in [-0.39, 0.29) is 17.5 Å². The van der Waals surface area contributed by atoms with Gasteiger partial charge in [-0.15, -0.1) is 0 Å². The van der Waals surface area contributed by atoms with Crippen LogP contribution in [0.1, 0.15) is 25.4 Å². The second kappa shape index (κ2) is 9.08. The number of aryl methyl sites for hydroxylation is 1. The normalized spacial score (nSPS) is 11.4. The third-order valence-corrected chi connectivity index (χ3v) is 4.03. The number of anilines is 3. The van der Waals surface area contributed by atoms with E-state index in [2.05, 4.69) is 35.8 Å². The van der Waals surface area contributed by atoms with E-state index in [1.807, 2.05) is 0 Å². The molecule has 0 atom stereocenters. The van der Waals surface area contributed by atoms with Crippen LogP contribution in [-0.4, -0.2) is 49.6 Å². The van der Waals surface area contributed by atoms with Crippen LogP contribution in [0, 0.1) is 6.92 Å². The molecule has 31 heavy (non-hydrogen) atoms. The van der Waals surface area contributed by atoms with Crippen LogP contribution in [0.4, 0.5) is 26.1 Å². The lowest BCUT2D eigenvalue weighted by molar-refractivity contribution is -0.114. The molecule has 0 fully saturated rings. The molecule has 1 amide bonds. The predicted octanol–water partition coefficient (Wildman–Crippen LogP) is 2.90. The lowest BCUT2D eigenvalue weighted by atomic mass is 10.1. The topological polar surface area (TPSA) is 120 Å². The van der Waals surface area contributed by atoms with Gasteiger partial charge >= 0.3 is 5.92 Å². The molecule has 0 unspecified atom stereocenters. The number of pyridine rings is 1. The number of alkyl halides is 2. The summed E-state index contributed by atoms with van der Waals surface area (Å²) in [6.45, 7) is 4.58. The van der Waals surface area contributed by atoms with Crippen molar-refractivity contribution in [3.05, 3.63) is 36.0 Å². The molecule has 0 aliphatic carbocycles. The first-order valence-corrected chi connectivity index (χ1v) is 9.34. The van der Waals surface area contributed by atoms with Gasteiger partial charge in [-0.1, -0.05) is 0 Å². The Labute approximate surface area is 177 Å². The summed E-state index contributed by atoms with van der Waals surface area (Å²) in [5.74, 6) is -3.66. The van der Waals surface area contributed by atoms with E-state index >= 15 is 0 Å². The molecular formula is C19H22F2N8O2. The van der Waals surface area contributed by atoms with Crippen LogP contribution in [0.3, 0.4) is 0 Å². The van der Waals surface area contributed by atoms with Gasteiger partial charge in [-0.05, 0) is 6.92 Å². The smallest absolute Gasteiger partial charge is 0.303 e. The highest BCUT2D eigenvalue weighted by molar-refractivity contribution is 5.89. The van der Waals surface area contributed by atoms with Crippen LogP contribution in [0.5, 0.6) is 0 Å². The van der Waals surface area contributed by atoms with Crippen LogP contribution in [-0.2, 0) is 22.0 Å². The molecule has 0 aliphatic heterocycles. The minimum atomic E-state index is -3.20. The van der Waals surface area contributed by atoms with Crippen molar-refractivity contribution >= 4 is 23.2 Å². The monoisotopic (exact) mass is 432 g/mol. The standard InChI is InChI=1S/C19H22F2N8O2/c1-11-7-17(27-18(24-11)19(3,20)21)26-14-8-16(25-12(2)30)22-9-13(14)15-10-23-29(28-15)5-6-31-4/h7-10H,5-6H2,1-4H3,(H2,22,24,25,26,27,30). The van der Waals surface area contributed by atoms with Gasteiger partial charge in [0.15, 0.2) is 0 Å². The lowest BCUT2D eigenvalue weighted by Crippen LogP contribution is -2.14. The van der Waals surface area contributed by atoms with Crippen LogP contribution in [0.15, 0.2) is 24.5 Å². The van der Waals surface area contributed by atoms with Crippen molar-refractivity contribution in [3.8, 4) is 11.3 Å². The predicted molar refractivity (Wildman–Crippen MR) is 109 cm³/mol. The van der Waals surface area contributed by atoms with Gasteiger partial charge in [-0.25, -0.2) is 15.0 Å². The summed E-state index contributed by atoms with van der Waals surface area (Å²) in [6.07, 6.45) is 3.05. The summed E-state index contributed by atoms with van der Waals surface area (Å²) in [4.78, 5) is 24.9. The molecule has 0 saturated carbocycles. The zero-order chi connectivity index (χ0) is 22.6. The number of aromatic nitrogens is 6. The van der Waals surface area contributed by atoms with E-state index < -0.39 is 11.7 Å². The number of nitrogens with zero attached hydrogens (tertiary/aromatic N) is 6. The number of methoxy groups -OCH3 is 1. The van der Waals surface area contributed by atoms with Gasteiger partial charge in [0.25, 0.3) is 0 Å².